The molecule has 2 aromatic rings. The zero-order valence-electron chi connectivity index (χ0n) is 14.4. The fourth-order valence-corrected chi connectivity index (χ4v) is 4.20. The molecule has 1 saturated heterocycles. The number of carbonyl (C=O) groups is 2. The lowest BCUT2D eigenvalue weighted by molar-refractivity contribution is -0.0246. The van der Waals surface area contributed by atoms with E-state index in [0.29, 0.717) is 42.9 Å². The summed E-state index contributed by atoms with van der Waals surface area (Å²) >= 11 is 0. The molecule has 7 nitrogen and oxygen atoms in total. The van der Waals surface area contributed by atoms with Crippen molar-refractivity contribution in [2.24, 2.45) is 0 Å². The van der Waals surface area contributed by atoms with Gasteiger partial charge >= 0.3 is 0 Å². The Hall–Kier alpha value is -2.83. The number of ether oxygens (including phenoxy) is 1. The fourth-order valence-electron chi connectivity index (χ4n) is 4.20. The van der Waals surface area contributed by atoms with Crippen molar-refractivity contribution in [1.82, 2.24) is 20.4 Å². The largest absolute Gasteiger partial charge is 0.467 e. The zero-order chi connectivity index (χ0) is 17.7. The van der Waals surface area contributed by atoms with Gasteiger partial charge in [0, 0.05) is 37.2 Å². The second-order valence-corrected chi connectivity index (χ2v) is 7.22. The van der Waals surface area contributed by atoms with Crippen LogP contribution in [0.3, 0.4) is 0 Å². The summed E-state index contributed by atoms with van der Waals surface area (Å²) < 4.78 is 6.13. The highest BCUT2D eigenvalue weighted by Gasteiger charge is 2.43. The molecular formula is C19H20N4O3. The Bertz CT molecular complexity index is 896. The van der Waals surface area contributed by atoms with E-state index in [1.54, 1.807) is 6.07 Å². The molecule has 0 atom stereocenters. The average molecular weight is 352 g/mol. The number of hydrogen-bond donors (Lipinski definition) is 2. The maximum atomic E-state index is 12.9. The van der Waals surface area contributed by atoms with Crippen molar-refractivity contribution in [3.63, 3.8) is 0 Å². The van der Waals surface area contributed by atoms with E-state index in [0.717, 1.165) is 30.5 Å². The number of aryl methyl sites for hydroxylation is 1. The smallest absolute Gasteiger partial charge is 0.274 e. The molecule has 7 heteroatoms. The summed E-state index contributed by atoms with van der Waals surface area (Å²) in [6, 6.07) is 7.26. The van der Waals surface area contributed by atoms with Crippen LogP contribution in [0.4, 0.5) is 0 Å². The Labute approximate surface area is 150 Å². The predicted octanol–water partition coefficient (Wildman–Crippen LogP) is 1.65. The number of aromatic amines is 1. The van der Waals surface area contributed by atoms with Crippen LogP contribution in [0.15, 0.2) is 24.3 Å². The fraction of sp³-hybridized carbons (Fsp3) is 0.421. The first-order chi connectivity index (χ1) is 12.7. The summed E-state index contributed by atoms with van der Waals surface area (Å²) in [5.74, 6) is 0.472. The second-order valence-electron chi connectivity index (χ2n) is 7.22. The summed E-state index contributed by atoms with van der Waals surface area (Å²) in [5, 5.41) is 10.2. The van der Waals surface area contributed by atoms with E-state index in [-0.39, 0.29) is 11.8 Å². The van der Waals surface area contributed by atoms with E-state index in [4.69, 9.17) is 4.74 Å². The van der Waals surface area contributed by atoms with E-state index >= 15 is 0 Å². The predicted molar refractivity (Wildman–Crippen MR) is 93.0 cm³/mol. The van der Waals surface area contributed by atoms with E-state index < -0.39 is 5.72 Å². The lowest BCUT2D eigenvalue weighted by Gasteiger charge is -2.44. The minimum Gasteiger partial charge on any atom is -0.467 e. The summed E-state index contributed by atoms with van der Waals surface area (Å²) in [5.41, 5.74) is 2.57. The maximum absolute atomic E-state index is 12.9. The molecule has 0 unspecified atom stereocenters. The molecule has 134 valence electrons. The number of benzene rings is 1. The molecule has 1 aromatic heterocycles. The number of rotatable bonds is 1. The first kappa shape index (κ1) is 15.4. The van der Waals surface area contributed by atoms with Crippen LogP contribution in [0.2, 0.25) is 0 Å². The molecule has 3 heterocycles. The van der Waals surface area contributed by atoms with Gasteiger partial charge in [-0.1, -0.05) is 12.1 Å². The van der Waals surface area contributed by atoms with E-state index in [1.807, 2.05) is 23.1 Å². The Kier molecular flexibility index (Phi) is 3.32. The van der Waals surface area contributed by atoms with Crippen molar-refractivity contribution < 1.29 is 14.3 Å². The van der Waals surface area contributed by atoms with Crippen LogP contribution >= 0.6 is 0 Å². The van der Waals surface area contributed by atoms with Crippen LogP contribution in [0.25, 0.3) is 0 Å². The van der Waals surface area contributed by atoms with Gasteiger partial charge in [0.15, 0.2) is 11.4 Å². The Morgan fingerprint density at radius 2 is 2.00 bits per heavy atom. The Morgan fingerprint density at radius 1 is 1.19 bits per heavy atom. The van der Waals surface area contributed by atoms with Crippen LogP contribution in [-0.4, -0.2) is 45.7 Å². The van der Waals surface area contributed by atoms with Gasteiger partial charge in [-0.2, -0.15) is 5.10 Å². The second kappa shape index (κ2) is 5.59. The summed E-state index contributed by atoms with van der Waals surface area (Å²) in [6.45, 7) is 1.06. The number of carbonyl (C=O) groups excluding carboxylic acids is 2. The summed E-state index contributed by atoms with van der Waals surface area (Å²) in [4.78, 5) is 27.1. The van der Waals surface area contributed by atoms with Crippen molar-refractivity contribution in [3.05, 3.63) is 46.8 Å². The van der Waals surface area contributed by atoms with E-state index in [1.165, 1.54) is 0 Å². The number of amides is 2. The molecule has 26 heavy (non-hydrogen) atoms. The zero-order valence-corrected chi connectivity index (χ0v) is 14.4. The van der Waals surface area contributed by atoms with Crippen LogP contribution in [0.5, 0.6) is 5.75 Å². The van der Waals surface area contributed by atoms with Crippen LogP contribution < -0.4 is 10.1 Å². The SMILES string of the molecule is O=C1NC2(CCN(C(=O)c3n[nH]c4c3CCC4)CC2)Oc2ccccc21. The molecular weight excluding hydrogens is 332 g/mol. The third-order valence-corrected chi connectivity index (χ3v) is 5.65. The molecule has 0 radical (unpaired) electrons. The molecule has 2 N–H and O–H groups in total. The van der Waals surface area contributed by atoms with Gasteiger partial charge < -0.3 is 15.0 Å². The number of aromatic nitrogens is 2. The number of fused-ring (bicyclic) bond motifs is 2. The Morgan fingerprint density at radius 3 is 2.85 bits per heavy atom. The number of piperidine rings is 1. The number of nitrogens with one attached hydrogen (secondary N) is 2. The highest BCUT2D eigenvalue weighted by Crippen LogP contribution is 2.34. The van der Waals surface area contributed by atoms with Gasteiger partial charge in [-0.05, 0) is 31.4 Å². The minimum atomic E-state index is -0.726. The molecule has 2 aliphatic heterocycles. The van der Waals surface area contributed by atoms with Crippen LogP contribution in [0.1, 0.15) is 51.4 Å². The van der Waals surface area contributed by atoms with Gasteiger partial charge in [0.25, 0.3) is 11.8 Å². The monoisotopic (exact) mass is 352 g/mol. The quantitative estimate of drug-likeness (QED) is 0.817. The van der Waals surface area contributed by atoms with Crippen molar-refractivity contribution in [2.75, 3.05) is 13.1 Å². The molecule has 2 amide bonds. The number of H-pyrrole nitrogens is 1. The Balaban J connectivity index is 1.32. The number of nitrogens with zero attached hydrogens (tertiary/aromatic N) is 2. The van der Waals surface area contributed by atoms with Crippen molar-refractivity contribution in [3.8, 4) is 5.75 Å². The number of para-hydroxylation sites is 1. The normalized spacial score (nSPS) is 20.3. The first-order valence-corrected chi connectivity index (χ1v) is 9.11. The molecule has 5 rings (SSSR count). The van der Waals surface area contributed by atoms with Gasteiger partial charge in [0.2, 0.25) is 0 Å². The third-order valence-electron chi connectivity index (χ3n) is 5.65. The van der Waals surface area contributed by atoms with Gasteiger partial charge in [-0.15, -0.1) is 0 Å². The first-order valence-electron chi connectivity index (χ1n) is 9.11. The molecule has 1 spiro atoms. The van der Waals surface area contributed by atoms with Crippen molar-refractivity contribution in [2.45, 2.75) is 37.8 Å². The third kappa shape index (κ3) is 2.30. The molecule has 0 saturated carbocycles. The van der Waals surface area contributed by atoms with Gasteiger partial charge in [0.1, 0.15) is 5.75 Å². The van der Waals surface area contributed by atoms with Crippen molar-refractivity contribution in [1.29, 1.82) is 0 Å². The molecule has 1 fully saturated rings. The highest BCUT2D eigenvalue weighted by molar-refractivity contribution is 5.98. The van der Waals surface area contributed by atoms with Crippen LogP contribution in [0, 0.1) is 0 Å². The maximum Gasteiger partial charge on any atom is 0.274 e. The van der Waals surface area contributed by atoms with E-state index in [9.17, 15) is 9.59 Å². The molecule has 3 aliphatic rings. The molecule has 1 aliphatic carbocycles. The minimum absolute atomic E-state index is 0.0261. The number of likely N-dealkylation sites (tertiary alicyclic amines) is 1. The van der Waals surface area contributed by atoms with Crippen LogP contribution in [-0.2, 0) is 12.8 Å². The lowest BCUT2D eigenvalue weighted by atomic mass is 9.96. The van der Waals surface area contributed by atoms with Gasteiger partial charge in [-0.3, -0.25) is 14.7 Å². The summed E-state index contributed by atoms with van der Waals surface area (Å²) in [6.07, 6.45) is 4.09. The van der Waals surface area contributed by atoms with Gasteiger partial charge in [0.05, 0.1) is 5.56 Å². The standard InChI is InChI=1S/C19H20N4O3/c24-17-13-4-1-2-7-15(13)26-19(20-17)8-10-23(11-9-19)18(25)16-12-5-3-6-14(12)21-22-16/h1-2,4,7H,3,5-6,8-11H2,(H,20,24)(H,21,22). The highest BCUT2D eigenvalue weighted by atomic mass is 16.5. The molecule has 0 bridgehead atoms. The topological polar surface area (TPSA) is 87.3 Å². The van der Waals surface area contributed by atoms with Gasteiger partial charge in [-0.25, -0.2) is 0 Å². The summed E-state index contributed by atoms with van der Waals surface area (Å²) in [7, 11) is 0. The number of hydrogen-bond acceptors (Lipinski definition) is 4. The average Bonchev–Trinajstić information content (AvgIpc) is 3.25. The van der Waals surface area contributed by atoms with E-state index in [2.05, 4.69) is 15.5 Å². The molecule has 1 aromatic carbocycles. The lowest BCUT2D eigenvalue weighted by Crippen LogP contribution is -2.61. The van der Waals surface area contributed by atoms with Crippen molar-refractivity contribution >= 4 is 11.8 Å².